The summed E-state index contributed by atoms with van der Waals surface area (Å²) in [5.74, 6) is 0.512. The molecule has 1 aromatic carbocycles. The van der Waals surface area contributed by atoms with E-state index in [1.165, 1.54) is 17.8 Å². The highest BCUT2D eigenvalue weighted by Crippen LogP contribution is 2.30. The van der Waals surface area contributed by atoms with E-state index in [0.717, 1.165) is 11.1 Å². The molecule has 2 aromatic rings. The fraction of sp³-hybridized carbons (Fsp3) is 0.300. The number of rotatable bonds is 3. The van der Waals surface area contributed by atoms with Crippen LogP contribution in [-0.4, -0.2) is 17.5 Å². The molecule has 1 aromatic heterocycles. The van der Waals surface area contributed by atoms with Crippen molar-refractivity contribution in [2.45, 2.75) is 11.9 Å². The van der Waals surface area contributed by atoms with E-state index in [1.54, 1.807) is 13.0 Å². The lowest BCUT2D eigenvalue weighted by Crippen LogP contribution is -2.01. The predicted molar refractivity (Wildman–Crippen MR) is 65.7 cm³/mol. The second-order valence-corrected chi connectivity index (χ2v) is 4.25. The number of fused-ring (bicyclic) bond motifs is 1. The standard InChI is InChI=1S/C10H11FN2OS.ClH/c1-6-7(11)2-3-8-9(6)10(13-14-8)15-5-4-12;/h2-3H,4-5,12H2,1H3;1H. The highest BCUT2D eigenvalue weighted by atomic mass is 35.5. The van der Waals surface area contributed by atoms with E-state index in [1.807, 2.05) is 0 Å². The minimum absolute atomic E-state index is 0. The van der Waals surface area contributed by atoms with E-state index >= 15 is 0 Å². The summed E-state index contributed by atoms with van der Waals surface area (Å²) in [5, 5.41) is 5.37. The van der Waals surface area contributed by atoms with Crippen molar-refractivity contribution in [2.24, 2.45) is 5.73 Å². The number of halogens is 2. The Morgan fingerprint density at radius 1 is 1.50 bits per heavy atom. The number of hydrogen-bond donors (Lipinski definition) is 1. The maximum absolute atomic E-state index is 13.3. The van der Waals surface area contributed by atoms with Gasteiger partial charge < -0.3 is 10.3 Å². The van der Waals surface area contributed by atoms with E-state index in [9.17, 15) is 4.39 Å². The summed E-state index contributed by atoms with van der Waals surface area (Å²) < 4.78 is 18.4. The molecule has 0 amide bonds. The van der Waals surface area contributed by atoms with Crippen molar-refractivity contribution >= 4 is 35.1 Å². The van der Waals surface area contributed by atoms with Gasteiger partial charge in [-0.05, 0) is 24.6 Å². The molecule has 0 aliphatic carbocycles. The number of benzene rings is 1. The summed E-state index contributed by atoms with van der Waals surface area (Å²) in [6.07, 6.45) is 0. The molecule has 16 heavy (non-hydrogen) atoms. The zero-order chi connectivity index (χ0) is 10.8. The highest BCUT2D eigenvalue weighted by Gasteiger charge is 2.13. The first-order valence-corrected chi connectivity index (χ1v) is 5.60. The molecule has 1 heterocycles. The zero-order valence-corrected chi connectivity index (χ0v) is 10.3. The number of nitrogens with two attached hydrogens (primary N) is 1. The van der Waals surface area contributed by atoms with Crippen molar-refractivity contribution in [3.63, 3.8) is 0 Å². The van der Waals surface area contributed by atoms with E-state index < -0.39 is 0 Å². The summed E-state index contributed by atoms with van der Waals surface area (Å²) in [7, 11) is 0. The van der Waals surface area contributed by atoms with Crippen molar-refractivity contribution in [2.75, 3.05) is 12.3 Å². The Kier molecular flexibility index (Phi) is 4.58. The van der Waals surface area contributed by atoms with Crippen LogP contribution in [0.15, 0.2) is 21.7 Å². The number of nitrogens with zero attached hydrogens (tertiary/aromatic N) is 1. The summed E-state index contributed by atoms with van der Waals surface area (Å²) in [6.45, 7) is 2.29. The second-order valence-electron chi connectivity index (χ2n) is 3.17. The molecular weight excluding hydrogens is 251 g/mol. The van der Waals surface area contributed by atoms with Gasteiger partial charge >= 0.3 is 0 Å². The Balaban J connectivity index is 0.00000128. The topological polar surface area (TPSA) is 52.0 Å². The van der Waals surface area contributed by atoms with E-state index in [0.29, 0.717) is 22.7 Å². The summed E-state index contributed by atoms with van der Waals surface area (Å²) >= 11 is 1.48. The molecule has 2 rings (SSSR count). The molecule has 0 radical (unpaired) electrons. The minimum atomic E-state index is -0.236. The third-order valence-corrected chi connectivity index (χ3v) is 3.15. The van der Waals surface area contributed by atoms with Gasteiger partial charge in [0.2, 0.25) is 0 Å². The first-order chi connectivity index (χ1) is 7.24. The van der Waals surface area contributed by atoms with Gasteiger partial charge in [0, 0.05) is 12.3 Å². The average Bonchev–Trinajstić information content (AvgIpc) is 2.64. The monoisotopic (exact) mass is 262 g/mol. The number of aromatic nitrogens is 1. The molecule has 0 aliphatic rings. The largest absolute Gasteiger partial charge is 0.355 e. The van der Waals surface area contributed by atoms with Crippen LogP contribution in [-0.2, 0) is 0 Å². The van der Waals surface area contributed by atoms with Crippen molar-refractivity contribution in [1.82, 2.24) is 5.16 Å². The lowest BCUT2D eigenvalue weighted by Gasteiger charge is -1.98. The molecule has 2 N–H and O–H groups in total. The van der Waals surface area contributed by atoms with Crippen LogP contribution in [0.1, 0.15) is 5.56 Å². The van der Waals surface area contributed by atoms with Crippen LogP contribution in [0.25, 0.3) is 11.0 Å². The van der Waals surface area contributed by atoms with Gasteiger partial charge in [-0.1, -0.05) is 5.16 Å². The number of thioether (sulfide) groups is 1. The molecular formula is C10H12ClFN2OS. The van der Waals surface area contributed by atoms with Gasteiger partial charge in [0.1, 0.15) is 10.8 Å². The summed E-state index contributed by atoms with van der Waals surface area (Å²) in [4.78, 5) is 0. The molecule has 0 unspecified atom stereocenters. The van der Waals surface area contributed by atoms with Crippen LogP contribution < -0.4 is 5.73 Å². The zero-order valence-electron chi connectivity index (χ0n) is 8.70. The molecule has 6 heteroatoms. The SMILES string of the molecule is Cc1c(F)ccc2onc(SCCN)c12.Cl. The Morgan fingerprint density at radius 3 is 2.94 bits per heavy atom. The lowest BCUT2D eigenvalue weighted by atomic mass is 10.1. The van der Waals surface area contributed by atoms with Crippen molar-refractivity contribution in [1.29, 1.82) is 0 Å². The van der Waals surface area contributed by atoms with Crippen LogP contribution in [0.4, 0.5) is 4.39 Å². The molecule has 0 fully saturated rings. The van der Waals surface area contributed by atoms with Crippen LogP contribution in [0.5, 0.6) is 0 Å². The van der Waals surface area contributed by atoms with E-state index in [2.05, 4.69) is 5.16 Å². The molecule has 88 valence electrons. The summed E-state index contributed by atoms with van der Waals surface area (Å²) in [6, 6.07) is 2.98. The van der Waals surface area contributed by atoms with Gasteiger partial charge in [-0.25, -0.2) is 4.39 Å². The fourth-order valence-corrected chi connectivity index (χ4v) is 2.19. The molecule has 3 nitrogen and oxygen atoms in total. The van der Waals surface area contributed by atoms with Crippen LogP contribution in [0.2, 0.25) is 0 Å². The Labute approximate surface area is 103 Å². The van der Waals surface area contributed by atoms with Gasteiger partial charge in [0.05, 0.1) is 5.39 Å². The third kappa shape index (κ3) is 2.31. The number of hydrogen-bond acceptors (Lipinski definition) is 4. The second kappa shape index (κ2) is 5.52. The Hall–Kier alpha value is -0.780. The van der Waals surface area contributed by atoms with Gasteiger partial charge in [-0.3, -0.25) is 0 Å². The maximum atomic E-state index is 13.3. The van der Waals surface area contributed by atoms with Crippen LogP contribution >= 0.6 is 24.2 Å². The van der Waals surface area contributed by atoms with Crippen LogP contribution in [0.3, 0.4) is 0 Å². The van der Waals surface area contributed by atoms with Crippen LogP contribution in [0, 0.1) is 12.7 Å². The van der Waals surface area contributed by atoms with Gasteiger partial charge in [0.15, 0.2) is 5.58 Å². The molecule has 0 saturated heterocycles. The molecule has 0 bridgehead atoms. The molecule has 0 saturated carbocycles. The quantitative estimate of drug-likeness (QED) is 0.865. The first kappa shape index (κ1) is 13.3. The maximum Gasteiger partial charge on any atom is 0.168 e. The highest BCUT2D eigenvalue weighted by molar-refractivity contribution is 7.99. The fourth-order valence-electron chi connectivity index (χ4n) is 1.39. The lowest BCUT2D eigenvalue weighted by molar-refractivity contribution is 0.437. The van der Waals surface area contributed by atoms with Crippen molar-refractivity contribution < 1.29 is 8.91 Å². The minimum Gasteiger partial charge on any atom is -0.355 e. The molecule has 0 atom stereocenters. The normalized spacial score (nSPS) is 10.4. The van der Waals surface area contributed by atoms with Gasteiger partial charge in [-0.2, -0.15) is 0 Å². The van der Waals surface area contributed by atoms with Crippen molar-refractivity contribution in [3.8, 4) is 0 Å². The Morgan fingerprint density at radius 2 is 2.25 bits per heavy atom. The third-order valence-electron chi connectivity index (χ3n) is 2.16. The van der Waals surface area contributed by atoms with E-state index in [-0.39, 0.29) is 18.2 Å². The predicted octanol–water partition coefficient (Wildman–Crippen LogP) is 2.75. The van der Waals surface area contributed by atoms with E-state index in [4.69, 9.17) is 10.3 Å². The molecule has 0 aliphatic heterocycles. The van der Waals surface area contributed by atoms with Crippen molar-refractivity contribution in [3.05, 3.63) is 23.5 Å². The number of aryl methyl sites for hydroxylation is 1. The first-order valence-electron chi connectivity index (χ1n) is 4.61. The Bertz CT molecular complexity index is 489. The smallest absolute Gasteiger partial charge is 0.168 e. The average molecular weight is 263 g/mol. The van der Waals surface area contributed by atoms with Gasteiger partial charge in [0.25, 0.3) is 0 Å². The molecule has 0 spiro atoms. The summed E-state index contributed by atoms with van der Waals surface area (Å²) in [5.41, 5.74) is 6.60. The van der Waals surface area contributed by atoms with Gasteiger partial charge in [-0.15, -0.1) is 24.2 Å².